The van der Waals surface area contributed by atoms with Crippen molar-refractivity contribution in [3.63, 3.8) is 0 Å². The van der Waals surface area contributed by atoms with Crippen LogP contribution in [0, 0.1) is 17.2 Å². The number of allylic oxidation sites excluding steroid dienone is 1. The largest absolute Gasteiger partial charge is 0.477 e. The normalized spacial score (nSPS) is 11.3. The molecule has 0 fully saturated rings. The van der Waals surface area contributed by atoms with E-state index in [0.717, 1.165) is 0 Å². The molecule has 0 bridgehead atoms. The van der Waals surface area contributed by atoms with Gasteiger partial charge in [0.25, 0.3) is 0 Å². The maximum absolute atomic E-state index is 10.3. The Morgan fingerprint density at radius 1 is 1.73 bits per heavy atom. The van der Waals surface area contributed by atoms with Crippen LogP contribution in [0.25, 0.3) is 0 Å². The van der Waals surface area contributed by atoms with E-state index in [1.165, 1.54) is 6.08 Å². The van der Waals surface area contributed by atoms with Crippen LogP contribution in [-0.2, 0) is 4.79 Å². The van der Waals surface area contributed by atoms with Gasteiger partial charge >= 0.3 is 5.97 Å². The second-order valence-corrected chi connectivity index (χ2v) is 2.66. The van der Waals surface area contributed by atoms with Gasteiger partial charge in [-0.15, -0.1) is 0 Å². The number of rotatable bonds is 3. The zero-order valence-electron chi connectivity index (χ0n) is 6.66. The molecule has 11 heavy (non-hydrogen) atoms. The smallest absolute Gasteiger partial charge is 0.346 e. The summed E-state index contributed by atoms with van der Waals surface area (Å²) in [5, 5.41) is 16.7. The molecule has 0 atom stereocenters. The zero-order valence-corrected chi connectivity index (χ0v) is 6.66. The monoisotopic (exact) mass is 153 g/mol. The maximum Gasteiger partial charge on any atom is 0.346 e. The summed E-state index contributed by atoms with van der Waals surface area (Å²) in [6.45, 7) is 3.93. The van der Waals surface area contributed by atoms with E-state index in [2.05, 4.69) is 0 Å². The lowest BCUT2D eigenvalue weighted by atomic mass is 10.1. The van der Waals surface area contributed by atoms with E-state index >= 15 is 0 Å². The predicted molar refractivity (Wildman–Crippen MR) is 40.8 cm³/mol. The van der Waals surface area contributed by atoms with Crippen LogP contribution in [0.3, 0.4) is 0 Å². The molecule has 0 amide bonds. The number of aliphatic carboxylic acids is 1. The minimum Gasteiger partial charge on any atom is -0.477 e. The highest BCUT2D eigenvalue weighted by Crippen LogP contribution is 2.03. The topological polar surface area (TPSA) is 61.1 Å². The van der Waals surface area contributed by atoms with E-state index < -0.39 is 5.97 Å². The molecule has 0 radical (unpaired) electrons. The SMILES string of the molecule is CC(C)C/C=C(\C#N)C(=O)O. The van der Waals surface area contributed by atoms with E-state index in [4.69, 9.17) is 10.4 Å². The molecule has 1 N–H and O–H groups in total. The first-order valence-electron chi connectivity index (χ1n) is 3.41. The maximum atomic E-state index is 10.3. The van der Waals surface area contributed by atoms with Gasteiger partial charge in [0.15, 0.2) is 0 Å². The van der Waals surface area contributed by atoms with Gasteiger partial charge in [-0.05, 0) is 12.3 Å². The third-order valence-electron chi connectivity index (χ3n) is 1.14. The van der Waals surface area contributed by atoms with Gasteiger partial charge < -0.3 is 5.11 Å². The minimum atomic E-state index is -1.15. The Kier molecular flexibility index (Phi) is 3.97. The van der Waals surface area contributed by atoms with Crippen molar-refractivity contribution in [2.45, 2.75) is 20.3 Å². The number of hydrogen-bond acceptors (Lipinski definition) is 2. The van der Waals surface area contributed by atoms with Crippen molar-refractivity contribution < 1.29 is 9.90 Å². The van der Waals surface area contributed by atoms with E-state index in [9.17, 15) is 4.79 Å². The summed E-state index contributed by atoms with van der Waals surface area (Å²) in [7, 11) is 0. The standard InChI is InChI=1S/C8H11NO2/c1-6(2)3-4-7(5-9)8(10)11/h4,6H,3H2,1-2H3,(H,10,11)/b7-4+. The van der Waals surface area contributed by atoms with Crippen molar-refractivity contribution >= 4 is 5.97 Å². The van der Waals surface area contributed by atoms with Crippen molar-refractivity contribution in [1.82, 2.24) is 0 Å². The highest BCUT2D eigenvalue weighted by molar-refractivity contribution is 5.90. The van der Waals surface area contributed by atoms with Crippen LogP contribution < -0.4 is 0 Å². The fourth-order valence-electron chi connectivity index (χ4n) is 0.534. The number of nitrogens with zero attached hydrogens (tertiary/aromatic N) is 1. The Hall–Kier alpha value is -1.30. The third-order valence-corrected chi connectivity index (χ3v) is 1.14. The van der Waals surface area contributed by atoms with Crippen LogP contribution in [-0.4, -0.2) is 11.1 Å². The number of nitriles is 1. The summed E-state index contributed by atoms with van der Waals surface area (Å²) in [5.41, 5.74) is -0.168. The summed E-state index contributed by atoms with van der Waals surface area (Å²) in [6, 6.07) is 1.62. The predicted octanol–water partition coefficient (Wildman–Crippen LogP) is 1.57. The second-order valence-electron chi connectivity index (χ2n) is 2.66. The first-order chi connectivity index (χ1) is 5.07. The Bertz CT molecular complexity index is 211. The summed E-state index contributed by atoms with van der Waals surface area (Å²) in [5.74, 6) is -0.758. The first-order valence-corrected chi connectivity index (χ1v) is 3.41. The molecule has 0 spiro atoms. The Balaban J connectivity index is 4.17. The molecule has 0 aliphatic rings. The van der Waals surface area contributed by atoms with Gasteiger partial charge in [-0.1, -0.05) is 19.9 Å². The van der Waals surface area contributed by atoms with Gasteiger partial charge in [0.05, 0.1) is 0 Å². The first kappa shape index (κ1) is 9.70. The Morgan fingerprint density at radius 3 is 2.55 bits per heavy atom. The molecular formula is C8H11NO2. The molecule has 0 aliphatic carbocycles. The van der Waals surface area contributed by atoms with Gasteiger partial charge in [-0.3, -0.25) is 0 Å². The van der Waals surface area contributed by atoms with Gasteiger partial charge in [-0.2, -0.15) is 5.26 Å². The van der Waals surface area contributed by atoms with Crippen LogP contribution in [0.1, 0.15) is 20.3 Å². The van der Waals surface area contributed by atoms with Gasteiger partial charge in [0, 0.05) is 0 Å². The molecule has 0 saturated carbocycles. The van der Waals surface area contributed by atoms with E-state index in [1.807, 2.05) is 13.8 Å². The minimum absolute atomic E-state index is 0.168. The molecule has 0 aromatic heterocycles. The molecule has 0 heterocycles. The number of carboxylic acid groups (broad SMARTS) is 1. The molecule has 0 aromatic carbocycles. The molecule has 3 nitrogen and oxygen atoms in total. The van der Waals surface area contributed by atoms with Crippen LogP contribution in [0.15, 0.2) is 11.6 Å². The summed E-state index contributed by atoms with van der Waals surface area (Å²) in [4.78, 5) is 10.3. The third kappa shape index (κ3) is 4.15. The Labute approximate surface area is 66.0 Å². The van der Waals surface area contributed by atoms with Crippen molar-refractivity contribution in [3.05, 3.63) is 11.6 Å². The van der Waals surface area contributed by atoms with Gasteiger partial charge in [0.1, 0.15) is 11.6 Å². The highest BCUT2D eigenvalue weighted by atomic mass is 16.4. The van der Waals surface area contributed by atoms with Crippen molar-refractivity contribution in [1.29, 1.82) is 5.26 Å². The van der Waals surface area contributed by atoms with Crippen molar-refractivity contribution in [2.75, 3.05) is 0 Å². The van der Waals surface area contributed by atoms with E-state index in [0.29, 0.717) is 12.3 Å². The molecule has 60 valence electrons. The summed E-state index contributed by atoms with van der Waals surface area (Å²) >= 11 is 0. The second kappa shape index (κ2) is 4.51. The average molecular weight is 153 g/mol. The lowest BCUT2D eigenvalue weighted by molar-refractivity contribution is -0.132. The fourth-order valence-corrected chi connectivity index (χ4v) is 0.534. The molecule has 0 rings (SSSR count). The van der Waals surface area contributed by atoms with Crippen LogP contribution in [0.4, 0.5) is 0 Å². The zero-order chi connectivity index (χ0) is 8.85. The van der Waals surface area contributed by atoms with Crippen LogP contribution in [0.5, 0.6) is 0 Å². The van der Waals surface area contributed by atoms with E-state index in [1.54, 1.807) is 6.07 Å². The van der Waals surface area contributed by atoms with Crippen LogP contribution in [0.2, 0.25) is 0 Å². The van der Waals surface area contributed by atoms with E-state index in [-0.39, 0.29) is 5.57 Å². The fraction of sp³-hybridized carbons (Fsp3) is 0.500. The summed E-state index contributed by atoms with van der Waals surface area (Å²) < 4.78 is 0. The number of carboxylic acids is 1. The molecule has 0 saturated heterocycles. The molecule has 0 aliphatic heterocycles. The van der Waals surface area contributed by atoms with Crippen LogP contribution >= 0.6 is 0 Å². The molecular weight excluding hydrogens is 142 g/mol. The average Bonchev–Trinajstić information content (AvgIpc) is 1.87. The number of carbonyl (C=O) groups is 1. The summed E-state index contributed by atoms with van der Waals surface area (Å²) in [6.07, 6.45) is 2.09. The lowest BCUT2D eigenvalue weighted by Crippen LogP contribution is -1.98. The molecule has 0 aromatic rings. The quantitative estimate of drug-likeness (QED) is 0.494. The van der Waals surface area contributed by atoms with Gasteiger partial charge in [-0.25, -0.2) is 4.79 Å². The number of hydrogen-bond donors (Lipinski definition) is 1. The highest BCUT2D eigenvalue weighted by Gasteiger charge is 2.04. The Morgan fingerprint density at radius 2 is 2.27 bits per heavy atom. The lowest BCUT2D eigenvalue weighted by Gasteiger charge is -1.96. The van der Waals surface area contributed by atoms with Gasteiger partial charge in [0.2, 0.25) is 0 Å². The molecule has 3 heteroatoms. The van der Waals surface area contributed by atoms with Crippen molar-refractivity contribution in [3.8, 4) is 6.07 Å². The molecule has 0 unspecified atom stereocenters. The van der Waals surface area contributed by atoms with Crippen molar-refractivity contribution in [2.24, 2.45) is 5.92 Å².